The summed E-state index contributed by atoms with van der Waals surface area (Å²) < 4.78 is 28.5. The number of nitrogens with zero attached hydrogens (tertiary/aromatic N) is 1. The standard InChI is InChI=1S/C19H15ClF2N2O4S/c1-8(26)17-14(7-25)23-19(29-17)9-6-15(27)10(5-13(9)22)18(28)24-16-11(20)3-2-4-12(16)21/h2-6,8,25-27H,7H2,1H3,(H,24,28). The third kappa shape index (κ3) is 4.23. The molecule has 1 unspecified atom stereocenters. The summed E-state index contributed by atoms with van der Waals surface area (Å²) in [5.41, 5.74) is -0.651. The van der Waals surface area contributed by atoms with Gasteiger partial charge in [-0.15, -0.1) is 11.3 Å². The highest BCUT2D eigenvalue weighted by Crippen LogP contribution is 2.36. The Labute approximate surface area is 173 Å². The lowest BCUT2D eigenvalue weighted by atomic mass is 10.1. The van der Waals surface area contributed by atoms with E-state index in [1.54, 1.807) is 0 Å². The number of rotatable bonds is 5. The number of phenolic OH excluding ortho intramolecular Hbond substituents is 1. The molecule has 1 amide bonds. The molecule has 0 bridgehead atoms. The summed E-state index contributed by atoms with van der Waals surface area (Å²) in [7, 11) is 0. The number of hydrogen-bond donors (Lipinski definition) is 4. The number of carbonyl (C=O) groups is 1. The lowest BCUT2D eigenvalue weighted by molar-refractivity contribution is 0.102. The van der Waals surface area contributed by atoms with Gasteiger partial charge in [-0.05, 0) is 31.2 Å². The van der Waals surface area contributed by atoms with Crippen LogP contribution in [0.4, 0.5) is 14.5 Å². The van der Waals surface area contributed by atoms with E-state index in [1.807, 2.05) is 0 Å². The average molecular weight is 441 g/mol. The zero-order chi connectivity index (χ0) is 21.3. The highest BCUT2D eigenvalue weighted by molar-refractivity contribution is 7.15. The quantitative estimate of drug-likeness (QED) is 0.475. The fraction of sp³-hybridized carbons (Fsp3) is 0.158. The minimum atomic E-state index is -0.959. The first-order valence-corrected chi connectivity index (χ1v) is 9.49. The van der Waals surface area contributed by atoms with Gasteiger partial charge in [0.1, 0.15) is 22.4 Å². The van der Waals surface area contributed by atoms with Crippen LogP contribution in [0.25, 0.3) is 10.6 Å². The fourth-order valence-electron chi connectivity index (χ4n) is 2.62. The predicted molar refractivity (Wildman–Crippen MR) is 105 cm³/mol. The Balaban J connectivity index is 1.97. The number of aromatic nitrogens is 1. The third-order valence-electron chi connectivity index (χ3n) is 4.02. The highest BCUT2D eigenvalue weighted by Gasteiger charge is 2.22. The largest absolute Gasteiger partial charge is 0.507 e. The zero-order valence-electron chi connectivity index (χ0n) is 14.9. The van der Waals surface area contributed by atoms with Gasteiger partial charge >= 0.3 is 0 Å². The van der Waals surface area contributed by atoms with Gasteiger partial charge in [-0.3, -0.25) is 4.79 Å². The van der Waals surface area contributed by atoms with Crippen LogP contribution >= 0.6 is 22.9 Å². The van der Waals surface area contributed by atoms with Gasteiger partial charge < -0.3 is 20.6 Å². The lowest BCUT2D eigenvalue weighted by Crippen LogP contribution is -2.14. The van der Waals surface area contributed by atoms with Crippen LogP contribution in [-0.4, -0.2) is 26.2 Å². The van der Waals surface area contributed by atoms with Crippen molar-refractivity contribution < 1.29 is 28.9 Å². The molecule has 29 heavy (non-hydrogen) atoms. The van der Waals surface area contributed by atoms with Crippen molar-refractivity contribution in [1.29, 1.82) is 0 Å². The van der Waals surface area contributed by atoms with Gasteiger partial charge in [0.25, 0.3) is 5.91 Å². The maximum atomic E-state index is 14.7. The molecule has 1 aromatic heterocycles. The van der Waals surface area contributed by atoms with Crippen LogP contribution < -0.4 is 5.32 Å². The van der Waals surface area contributed by atoms with Gasteiger partial charge in [-0.1, -0.05) is 17.7 Å². The number of nitrogens with one attached hydrogen (secondary N) is 1. The number of phenols is 1. The number of anilines is 1. The molecule has 6 nitrogen and oxygen atoms in total. The Morgan fingerprint density at radius 1 is 1.31 bits per heavy atom. The molecule has 0 aliphatic carbocycles. The number of aliphatic hydroxyl groups is 2. The van der Waals surface area contributed by atoms with E-state index in [0.717, 1.165) is 29.5 Å². The van der Waals surface area contributed by atoms with Crippen molar-refractivity contribution in [3.05, 3.63) is 63.1 Å². The van der Waals surface area contributed by atoms with Crippen LogP contribution in [0.15, 0.2) is 30.3 Å². The summed E-state index contributed by atoms with van der Waals surface area (Å²) in [6.45, 7) is 1.03. The second-order valence-electron chi connectivity index (χ2n) is 6.06. The van der Waals surface area contributed by atoms with Crippen LogP contribution in [0.5, 0.6) is 5.75 Å². The molecule has 1 atom stereocenters. The van der Waals surface area contributed by atoms with Gasteiger partial charge in [-0.2, -0.15) is 0 Å². The van der Waals surface area contributed by atoms with Crippen LogP contribution in [0.2, 0.25) is 5.02 Å². The van der Waals surface area contributed by atoms with Crippen LogP contribution in [-0.2, 0) is 6.61 Å². The number of benzene rings is 2. The minimum Gasteiger partial charge on any atom is -0.507 e. The molecule has 10 heteroatoms. The first-order valence-electron chi connectivity index (χ1n) is 8.29. The fourth-order valence-corrected chi connectivity index (χ4v) is 3.86. The molecular formula is C19H15ClF2N2O4S. The monoisotopic (exact) mass is 440 g/mol. The Hall–Kier alpha value is -2.59. The van der Waals surface area contributed by atoms with E-state index in [0.29, 0.717) is 4.88 Å². The van der Waals surface area contributed by atoms with E-state index in [-0.39, 0.29) is 27.0 Å². The molecule has 3 rings (SSSR count). The molecule has 3 aromatic rings. The molecule has 1 heterocycles. The number of thiazole rings is 1. The normalized spacial score (nSPS) is 12.1. The Morgan fingerprint density at radius 2 is 2.03 bits per heavy atom. The molecule has 152 valence electrons. The van der Waals surface area contributed by atoms with E-state index in [1.165, 1.54) is 19.1 Å². The summed E-state index contributed by atoms with van der Waals surface area (Å²) >= 11 is 6.80. The van der Waals surface area contributed by atoms with Crippen LogP contribution in [0.1, 0.15) is 34.0 Å². The Bertz CT molecular complexity index is 1070. The molecule has 0 saturated heterocycles. The number of para-hydroxylation sites is 1. The first-order chi connectivity index (χ1) is 13.7. The number of aliphatic hydroxyl groups excluding tert-OH is 2. The van der Waals surface area contributed by atoms with Crippen LogP contribution in [0, 0.1) is 11.6 Å². The molecular weight excluding hydrogens is 426 g/mol. The van der Waals surface area contributed by atoms with Crippen molar-refractivity contribution in [3.63, 3.8) is 0 Å². The topological polar surface area (TPSA) is 103 Å². The minimum absolute atomic E-state index is 0.0556. The number of aromatic hydroxyl groups is 1. The van der Waals surface area contributed by atoms with Gasteiger partial charge in [-0.25, -0.2) is 13.8 Å². The van der Waals surface area contributed by atoms with Gasteiger partial charge in [0, 0.05) is 5.56 Å². The van der Waals surface area contributed by atoms with Crippen molar-refractivity contribution in [2.45, 2.75) is 19.6 Å². The maximum Gasteiger partial charge on any atom is 0.259 e. The average Bonchev–Trinajstić information content (AvgIpc) is 3.10. The SMILES string of the molecule is CC(O)c1sc(-c2cc(O)c(C(=O)Nc3c(F)cccc3Cl)cc2F)nc1CO. The Kier molecular flexibility index (Phi) is 6.13. The summed E-state index contributed by atoms with van der Waals surface area (Å²) in [5, 5.41) is 31.6. The second kappa shape index (κ2) is 8.42. The number of halogens is 3. The lowest BCUT2D eigenvalue weighted by Gasteiger charge is -2.10. The van der Waals surface area contributed by atoms with E-state index in [4.69, 9.17) is 11.6 Å². The molecule has 0 fully saturated rings. The van der Waals surface area contributed by atoms with Crippen molar-refractivity contribution in [1.82, 2.24) is 4.98 Å². The molecule has 0 radical (unpaired) electrons. The Morgan fingerprint density at radius 3 is 2.62 bits per heavy atom. The van der Waals surface area contributed by atoms with Crippen molar-refractivity contribution in [2.75, 3.05) is 5.32 Å². The van der Waals surface area contributed by atoms with E-state index < -0.39 is 41.6 Å². The highest BCUT2D eigenvalue weighted by atomic mass is 35.5. The molecule has 0 aliphatic heterocycles. The maximum absolute atomic E-state index is 14.7. The predicted octanol–water partition coefficient (Wildman–Crippen LogP) is 4.25. The van der Waals surface area contributed by atoms with Gasteiger partial charge in [0.15, 0.2) is 0 Å². The van der Waals surface area contributed by atoms with Gasteiger partial charge in [0.2, 0.25) is 0 Å². The molecule has 4 N–H and O–H groups in total. The van der Waals surface area contributed by atoms with E-state index >= 15 is 0 Å². The van der Waals surface area contributed by atoms with Gasteiger partial charge in [0.05, 0.1) is 39.6 Å². The summed E-state index contributed by atoms with van der Waals surface area (Å²) in [6.07, 6.45) is -0.921. The van der Waals surface area contributed by atoms with E-state index in [9.17, 15) is 28.9 Å². The number of carbonyl (C=O) groups excluding carboxylic acids is 1. The smallest absolute Gasteiger partial charge is 0.259 e. The summed E-state index contributed by atoms with van der Waals surface area (Å²) in [5.74, 6) is -3.18. The number of amides is 1. The molecule has 0 saturated carbocycles. The first kappa shape index (κ1) is 21.1. The molecule has 0 spiro atoms. The number of hydrogen-bond acceptors (Lipinski definition) is 6. The summed E-state index contributed by atoms with van der Waals surface area (Å²) in [4.78, 5) is 16.8. The van der Waals surface area contributed by atoms with Crippen molar-refractivity contribution >= 4 is 34.5 Å². The third-order valence-corrected chi connectivity index (χ3v) is 5.63. The van der Waals surface area contributed by atoms with Crippen molar-refractivity contribution in [2.24, 2.45) is 0 Å². The molecule has 2 aromatic carbocycles. The van der Waals surface area contributed by atoms with Crippen LogP contribution in [0.3, 0.4) is 0 Å². The zero-order valence-corrected chi connectivity index (χ0v) is 16.5. The summed E-state index contributed by atoms with van der Waals surface area (Å²) in [6, 6.07) is 5.60. The van der Waals surface area contributed by atoms with Crippen molar-refractivity contribution in [3.8, 4) is 16.3 Å². The molecule has 0 aliphatic rings. The second-order valence-corrected chi connectivity index (χ2v) is 7.50. The van der Waals surface area contributed by atoms with E-state index in [2.05, 4.69) is 10.3 Å².